The summed E-state index contributed by atoms with van der Waals surface area (Å²) >= 11 is 0. The van der Waals surface area contributed by atoms with Crippen molar-refractivity contribution in [1.29, 1.82) is 0 Å². The van der Waals surface area contributed by atoms with Gasteiger partial charge in [0.05, 0.1) is 22.5 Å². The Kier molecular flexibility index (Phi) is 5.19. The topological polar surface area (TPSA) is 75.5 Å². The van der Waals surface area contributed by atoms with Crippen molar-refractivity contribution < 1.29 is 14.4 Å². The third kappa shape index (κ3) is 3.42. The zero-order valence-corrected chi connectivity index (χ0v) is 18.0. The molecule has 2 heterocycles. The van der Waals surface area contributed by atoms with Gasteiger partial charge < -0.3 is 4.90 Å². The number of nitrogens with zero attached hydrogens (tertiary/aromatic N) is 4. The minimum absolute atomic E-state index is 0.193. The van der Waals surface area contributed by atoms with Gasteiger partial charge in [0, 0.05) is 37.0 Å². The molecule has 1 aliphatic heterocycles. The SMILES string of the molecule is CCn1nc(C)c(CN(C)C(=O)c2cccc(N3C(=O)c4ccccc4C3=O)c2)c1C. The Balaban J connectivity index is 1.59. The number of benzene rings is 2. The number of carbonyl (C=O) groups is 3. The average molecular weight is 416 g/mol. The quantitative estimate of drug-likeness (QED) is 0.596. The highest BCUT2D eigenvalue weighted by molar-refractivity contribution is 6.34. The number of carbonyl (C=O) groups excluding carboxylic acids is 3. The van der Waals surface area contributed by atoms with Crippen LogP contribution in [0.2, 0.25) is 0 Å². The second-order valence-electron chi connectivity index (χ2n) is 7.67. The highest BCUT2D eigenvalue weighted by Gasteiger charge is 2.36. The number of amides is 3. The molecule has 0 aliphatic carbocycles. The number of hydrogen-bond donors (Lipinski definition) is 0. The number of fused-ring (bicyclic) bond motifs is 1. The molecule has 0 spiro atoms. The highest BCUT2D eigenvalue weighted by Crippen LogP contribution is 2.29. The van der Waals surface area contributed by atoms with Gasteiger partial charge in [0.25, 0.3) is 17.7 Å². The molecule has 1 aromatic heterocycles. The first kappa shape index (κ1) is 20.5. The first-order valence-electron chi connectivity index (χ1n) is 10.2. The van der Waals surface area contributed by atoms with Crippen molar-refractivity contribution in [3.63, 3.8) is 0 Å². The van der Waals surface area contributed by atoms with Gasteiger partial charge in [-0.3, -0.25) is 19.1 Å². The molecule has 31 heavy (non-hydrogen) atoms. The van der Waals surface area contributed by atoms with Gasteiger partial charge in [-0.25, -0.2) is 4.90 Å². The van der Waals surface area contributed by atoms with Gasteiger partial charge in [0.2, 0.25) is 0 Å². The normalized spacial score (nSPS) is 13.0. The fourth-order valence-electron chi connectivity index (χ4n) is 4.00. The molecule has 7 heteroatoms. The molecule has 3 amide bonds. The molecule has 7 nitrogen and oxygen atoms in total. The van der Waals surface area contributed by atoms with Crippen LogP contribution in [0.5, 0.6) is 0 Å². The summed E-state index contributed by atoms with van der Waals surface area (Å²) < 4.78 is 1.92. The number of aromatic nitrogens is 2. The summed E-state index contributed by atoms with van der Waals surface area (Å²) in [6.45, 7) is 7.17. The molecular weight excluding hydrogens is 392 g/mol. The van der Waals surface area contributed by atoms with Gasteiger partial charge in [-0.15, -0.1) is 0 Å². The summed E-state index contributed by atoms with van der Waals surface area (Å²) in [7, 11) is 1.74. The maximum absolute atomic E-state index is 13.1. The summed E-state index contributed by atoms with van der Waals surface area (Å²) in [5.41, 5.74) is 4.51. The third-order valence-corrected chi connectivity index (χ3v) is 5.72. The molecule has 0 fully saturated rings. The molecule has 0 saturated carbocycles. The predicted molar refractivity (Wildman–Crippen MR) is 117 cm³/mol. The smallest absolute Gasteiger partial charge is 0.266 e. The summed E-state index contributed by atoms with van der Waals surface area (Å²) in [6.07, 6.45) is 0. The van der Waals surface area contributed by atoms with Gasteiger partial charge in [0.15, 0.2) is 0 Å². The van der Waals surface area contributed by atoms with Crippen LogP contribution in [0.15, 0.2) is 48.5 Å². The zero-order valence-electron chi connectivity index (χ0n) is 18.0. The molecular formula is C24H24N4O3. The van der Waals surface area contributed by atoms with E-state index in [-0.39, 0.29) is 17.7 Å². The van der Waals surface area contributed by atoms with E-state index in [4.69, 9.17) is 0 Å². The van der Waals surface area contributed by atoms with Crippen molar-refractivity contribution in [2.24, 2.45) is 0 Å². The minimum Gasteiger partial charge on any atom is -0.337 e. The van der Waals surface area contributed by atoms with Crippen LogP contribution in [-0.4, -0.2) is 39.4 Å². The molecule has 0 atom stereocenters. The number of rotatable bonds is 5. The van der Waals surface area contributed by atoms with Gasteiger partial charge in [-0.05, 0) is 51.1 Å². The Labute approximate surface area is 180 Å². The van der Waals surface area contributed by atoms with Crippen LogP contribution in [0.3, 0.4) is 0 Å². The summed E-state index contributed by atoms with van der Waals surface area (Å²) in [6, 6.07) is 13.4. The Morgan fingerprint density at radius 1 is 1.00 bits per heavy atom. The zero-order chi connectivity index (χ0) is 22.3. The summed E-state index contributed by atoms with van der Waals surface area (Å²) in [4.78, 5) is 41.4. The van der Waals surface area contributed by atoms with E-state index in [0.29, 0.717) is 28.9 Å². The molecule has 0 N–H and O–H groups in total. The lowest BCUT2D eigenvalue weighted by atomic mass is 10.1. The van der Waals surface area contributed by atoms with Crippen LogP contribution in [0.4, 0.5) is 5.69 Å². The molecule has 1 aliphatic rings. The number of anilines is 1. The standard InChI is InChI=1S/C24H24N4O3/c1-5-27-16(3)21(15(2)25-27)14-26(4)22(29)17-9-8-10-18(13-17)28-23(30)19-11-6-7-12-20(19)24(28)31/h6-13H,5,14H2,1-4H3. The predicted octanol–water partition coefficient (Wildman–Crippen LogP) is 3.59. The van der Waals surface area contributed by atoms with Crippen LogP contribution in [0.25, 0.3) is 0 Å². The van der Waals surface area contributed by atoms with Gasteiger partial charge in [0.1, 0.15) is 0 Å². The lowest BCUT2D eigenvalue weighted by Gasteiger charge is -2.19. The van der Waals surface area contributed by atoms with Crippen molar-refractivity contribution in [2.45, 2.75) is 33.9 Å². The summed E-state index contributed by atoms with van der Waals surface area (Å²) in [5.74, 6) is -0.949. The van der Waals surface area contributed by atoms with Crippen LogP contribution in [0.1, 0.15) is 54.9 Å². The second-order valence-corrected chi connectivity index (χ2v) is 7.67. The van der Waals surface area contributed by atoms with E-state index in [1.807, 2.05) is 25.5 Å². The van der Waals surface area contributed by atoms with E-state index < -0.39 is 0 Å². The van der Waals surface area contributed by atoms with Crippen molar-refractivity contribution in [1.82, 2.24) is 14.7 Å². The van der Waals surface area contributed by atoms with Crippen LogP contribution in [-0.2, 0) is 13.1 Å². The first-order chi connectivity index (χ1) is 14.8. The molecule has 158 valence electrons. The number of hydrogen-bond acceptors (Lipinski definition) is 4. The van der Waals surface area contributed by atoms with Crippen LogP contribution in [0, 0.1) is 13.8 Å². The Bertz CT molecular complexity index is 1180. The molecule has 0 unspecified atom stereocenters. The van der Waals surface area contributed by atoms with Gasteiger partial charge >= 0.3 is 0 Å². The minimum atomic E-state index is -0.378. The van der Waals surface area contributed by atoms with Crippen molar-refractivity contribution in [3.8, 4) is 0 Å². The fourth-order valence-corrected chi connectivity index (χ4v) is 4.00. The molecule has 0 saturated heterocycles. The third-order valence-electron chi connectivity index (χ3n) is 5.72. The first-order valence-corrected chi connectivity index (χ1v) is 10.2. The van der Waals surface area contributed by atoms with E-state index in [9.17, 15) is 14.4 Å². The maximum atomic E-state index is 13.1. The Hall–Kier alpha value is -3.74. The summed E-state index contributed by atoms with van der Waals surface area (Å²) in [5, 5.41) is 4.51. The van der Waals surface area contributed by atoms with Crippen molar-refractivity contribution in [3.05, 3.63) is 82.2 Å². The second kappa shape index (κ2) is 7.83. The van der Waals surface area contributed by atoms with Gasteiger partial charge in [-0.1, -0.05) is 18.2 Å². The number of aryl methyl sites for hydroxylation is 2. The van der Waals surface area contributed by atoms with Gasteiger partial charge in [-0.2, -0.15) is 5.10 Å². The van der Waals surface area contributed by atoms with E-state index in [0.717, 1.165) is 28.4 Å². The lowest BCUT2D eigenvalue weighted by Crippen LogP contribution is -2.30. The van der Waals surface area contributed by atoms with E-state index in [1.54, 1.807) is 60.5 Å². The molecule has 2 aromatic carbocycles. The van der Waals surface area contributed by atoms with Crippen molar-refractivity contribution in [2.75, 3.05) is 11.9 Å². The van der Waals surface area contributed by atoms with E-state index in [1.165, 1.54) is 0 Å². The van der Waals surface area contributed by atoms with Crippen LogP contribution >= 0.6 is 0 Å². The van der Waals surface area contributed by atoms with E-state index in [2.05, 4.69) is 5.10 Å². The Morgan fingerprint density at radius 2 is 1.65 bits per heavy atom. The maximum Gasteiger partial charge on any atom is 0.266 e. The molecule has 0 bridgehead atoms. The fraction of sp³-hybridized carbons (Fsp3) is 0.250. The average Bonchev–Trinajstić information content (AvgIpc) is 3.20. The monoisotopic (exact) mass is 416 g/mol. The molecule has 3 aromatic rings. The van der Waals surface area contributed by atoms with Crippen LogP contribution < -0.4 is 4.90 Å². The lowest BCUT2D eigenvalue weighted by molar-refractivity contribution is 0.0783. The molecule has 0 radical (unpaired) electrons. The van der Waals surface area contributed by atoms with Crippen molar-refractivity contribution >= 4 is 23.4 Å². The largest absolute Gasteiger partial charge is 0.337 e. The highest BCUT2D eigenvalue weighted by atomic mass is 16.2. The van der Waals surface area contributed by atoms with E-state index >= 15 is 0 Å². The Morgan fingerprint density at radius 3 is 2.23 bits per heavy atom. The number of imide groups is 1. The molecule has 4 rings (SSSR count).